The number of halogens is 1. The topological polar surface area (TPSA) is 15.7 Å². The largest absolute Gasteiger partial charge is 0.375 e. The molecule has 3 nitrogen and oxygen atoms in total. The van der Waals surface area contributed by atoms with E-state index >= 15 is 0 Å². The van der Waals surface area contributed by atoms with Gasteiger partial charge in [-0.15, -0.1) is 0 Å². The average Bonchev–Trinajstić information content (AvgIpc) is 2.73. The van der Waals surface area contributed by atoms with E-state index in [4.69, 9.17) is 4.74 Å². The van der Waals surface area contributed by atoms with Crippen LogP contribution in [0.3, 0.4) is 0 Å². The summed E-state index contributed by atoms with van der Waals surface area (Å²) >= 11 is 3.50. The summed E-state index contributed by atoms with van der Waals surface area (Å²) in [5.41, 5.74) is 2.58. The zero-order valence-electron chi connectivity index (χ0n) is 16.4. The third-order valence-electron chi connectivity index (χ3n) is 5.62. The summed E-state index contributed by atoms with van der Waals surface area (Å²) in [6.45, 7) is 5.70. The van der Waals surface area contributed by atoms with Crippen LogP contribution in [0.1, 0.15) is 17.2 Å². The lowest BCUT2D eigenvalue weighted by molar-refractivity contribution is 0.0296. The van der Waals surface area contributed by atoms with Gasteiger partial charge in [0.25, 0.3) is 0 Å². The Morgan fingerprint density at radius 3 is 2.39 bits per heavy atom. The summed E-state index contributed by atoms with van der Waals surface area (Å²) in [7, 11) is 2.20. The van der Waals surface area contributed by atoms with Gasteiger partial charge in [-0.1, -0.05) is 70.5 Å². The minimum Gasteiger partial charge on any atom is -0.375 e. The van der Waals surface area contributed by atoms with E-state index in [1.807, 2.05) is 0 Å². The number of ether oxygens (including phenoxy) is 1. The molecule has 1 unspecified atom stereocenters. The molecule has 3 aromatic carbocycles. The normalized spacial score (nSPS) is 17.1. The molecule has 0 aliphatic carbocycles. The van der Waals surface area contributed by atoms with Crippen molar-refractivity contribution in [2.45, 2.75) is 12.6 Å². The first-order chi connectivity index (χ1) is 13.7. The summed E-state index contributed by atoms with van der Waals surface area (Å²) in [4.78, 5) is 4.99. The van der Waals surface area contributed by atoms with Crippen molar-refractivity contribution in [3.05, 3.63) is 82.3 Å². The maximum Gasteiger partial charge on any atom is 0.0717 e. The Bertz CT molecular complexity index is 899. The van der Waals surface area contributed by atoms with E-state index < -0.39 is 0 Å². The molecule has 1 heterocycles. The molecule has 0 spiro atoms. The second-order valence-corrected chi connectivity index (χ2v) is 8.48. The highest BCUT2D eigenvalue weighted by Crippen LogP contribution is 2.29. The molecule has 1 fully saturated rings. The molecule has 3 aromatic rings. The Hall–Kier alpha value is -1.72. The highest BCUT2D eigenvalue weighted by molar-refractivity contribution is 9.10. The van der Waals surface area contributed by atoms with E-state index in [2.05, 4.69) is 99.5 Å². The van der Waals surface area contributed by atoms with Crippen LogP contribution in [-0.4, -0.2) is 49.6 Å². The van der Waals surface area contributed by atoms with Gasteiger partial charge in [-0.3, -0.25) is 4.90 Å². The Labute approximate surface area is 176 Å². The average molecular weight is 439 g/mol. The van der Waals surface area contributed by atoms with Crippen molar-refractivity contribution in [3.8, 4) is 0 Å². The number of nitrogens with zero attached hydrogens (tertiary/aromatic N) is 2. The van der Waals surface area contributed by atoms with E-state index in [-0.39, 0.29) is 6.04 Å². The van der Waals surface area contributed by atoms with Crippen molar-refractivity contribution < 1.29 is 4.74 Å². The Morgan fingerprint density at radius 2 is 1.61 bits per heavy atom. The molecule has 1 aliphatic rings. The minimum atomic E-state index is 0.273. The fraction of sp³-hybridized carbons (Fsp3) is 0.333. The van der Waals surface area contributed by atoms with E-state index in [0.717, 1.165) is 30.7 Å². The lowest BCUT2D eigenvalue weighted by Gasteiger charge is -2.38. The van der Waals surface area contributed by atoms with Gasteiger partial charge >= 0.3 is 0 Å². The van der Waals surface area contributed by atoms with Crippen LogP contribution in [0.25, 0.3) is 10.8 Å². The number of piperazine rings is 1. The van der Waals surface area contributed by atoms with Gasteiger partial charge in [0.05, 0.1) is 19.3 Å². The van der Waals surface area contributed by atoms with Gasteiger partial charge in [-0.05, 0) is 41.1 Å². The SMILES string of the molecule is CN1CCN(C(COCc2ccc(Br)cc2)c2cccc3ccccc23)CC1. The molecule has 28 heavy (non-hydrogen) atoms. The molecule has 1 saturated heterocycles. The minimum absolute atomic E-state index is 0.273. The fourth-order valence-electron chi connectivity index (χ4n) is 3.94. The summed E-state index contributed by atoms with van der Waals surface area (Å²) in [5.74, 6) is 0. The molecular weight excluding hydrogens is 412 g/mol. The van der Waals surface area contributed by atoms with Gasteiger partial charge in [-0.25, -0.2) is 0 Å². The van der Waals surface area contributed by atoms with Crippen LogP contribution < -0.4 is 0 Å². The maximum atomic E-state index is 6.23. The van der Waals surface area contributed by atoms with E-state index in [1.165, 1.54) is 21.9 Å². The third-order valence-corrected chi connectivity index (χ3v) is 6.15. The zero-order chi connectivity index (χ0) is 19.3. The van der Waals surface area contributed by atoms with Crippen LogP contribution in [0.5, 0.6) is 0 Å². The van der Waals surface area contributed by atoms with Crippen molar-refractivity contribution in [3.63, 3.8) is 0 Å². The van der Waals surface area contributed by atoms with Crippen molar-refractivity contribution in [2.75, 3.05) is 39.8 Å². The van der Waals surface area contributed by atoms with Gasteiger partial charge in [0, 0.05) is 30.7 Å². The molecule has 0 amide bonds. The van der Waals surface area contributed by atoms with Crippen LogP contribution >= 0.6 is 15.9 Å². The van der Waals surface area contributed by atoms with E-state index in [0.29, 0.717) is 13.2 Å². The highest BCUT2D eigenvalue weighted by Gasteiger charge is 2.25. The van der Waals surface area contributed by atoms with Crippen LogP contribution in [0, 0.1) is 0 Å². The first-order valence-corrected chi connectivity index (χ1v) is 10.7. The van der Waals surface area contributed by atoms with Gasteiger partial charge in [-0.2, -0.15) is 0 Å². The standard InChI is InChI=1S/C24H27BrN2O/c1-26-13-15-27(16-14-26)24(18-28-17-19-9-11-21(25)12-10-19)23-8-4-6-20-5-2-3-7-22(20)23/h2-12,24H,13-18H2,1H3. The molecule has 4 rings (SSSR count). The fourth-order valence-corrected chi connectivity index (χ4v) is 4.20. The van der Waals surface area contributed by atoms with Gasteiger partial charge in [0.1, 0.15) is 0 Å². The van der Waals surface area contributed by atoms with Crippen LogP contribution in [-0.2, 0) is 11.3 Å². The molecule has 0 N–H and O–H groups in total. The molecule has 0 aromatic heterocycles. The maximum absolute atomic E-state index is 6.23. The monoisotopic (exact) mass is 438 g/mol. The number of hydrogen-bond donors (Lipinski definition) is 0. The summed E-state index contributed by atoms with van der Waals surface area (Å²) in [6.07, 6.45) is 0. The van der Waals surface area contributed by atoms with Crippen molar-refractivity contribution in [1.29, 1.82) is 0 Å². The molecular formula is C24H27BrN2O. The lowest BCUT2D eigenvalue weighted by Crippen LogP contribution is -2.47. The second-order valence-electron chi connectivity index (χ2n) is 7.57. The quantitative estimate of drug-likeness (QED) is 0.531. The first kappa shape index (κ1) is 19.6. The smallest absolute Gasteiger partial charge is 0.0717 e. The highest BCUT2D eigenvalue weighted by atomic mass is 79.9. The van der Waals surface area contributed by atoms with E-state index in [1.54, 1.807) is 0 Å². The molecule has 0 saturated carbocycles. The van der Waals surface area contributed by atoms with Gasteiger partial charge < -0.3 is 9.64 Å². The van der Waals surface area contributed by atoms with Gasteiger partial charge in [0.15, 0.2) is 0 Å². The molecule has 146 valence electrons. The van der Waals surface area contributed by atoms with E-state index in [9.17, 15) is 0 Å². The predicted molar refractivity (Wildman–Crippen MR) is 120 cm³/mol. The first-order valence-electron chi connectivity index (χ1n) is 9.93. The number of hydrogen-bond acceptors (Lipinski definition) is 3. The van der Waals surface area contributed by atoms with Crippen LogP contribution in [0.4, 0.5) is 0 Å². The molecule has 1 atom stereocenters. The molecule has 4 heteroatoms. The molecule has 0 radical (unpaired) electrons. The van der Waals surface area contributed by atoms with Crippen LogP contribution in [0.15, 0.2) is 71.2 Å². The summed E-state index contributed by atoms with van der Waals surface area (Å²) < 4.78 is 7.33. The Morgan fingerprint density at radius 1 is 0.893 bits per heavy atom. The zero-order valence-corrected chi connectivity index (χ0v) is 17.9. The lowest BCUT2D eigenvalue weighted by atomic mass is 9.97. The summed E-state index contributed by atoms with van der Waals surface area (Å²) in [5, 5.41) is 2.63. The van der Waals surface area contributed by atoms with Crippen molar-refractivity contribution >= 4 is 26.7 Å². The number of fused-ring (bicyclic) bond motifs is 1. The number of likely N-dealkylation sites (N-methyl/N-ethyl adjacent to an activating group) is 1. The van der Waals surface area contributed by atoms with Crippen molar-refractivity contribution in [1.82, 2.24) is 9.80 Å². The summed E-state index contributed by atoms with van der Waals surface area (Å²) in [6, 6.07) is 24.0. The molecule has 0 bridgehead atoms. The van der Waals surface area contributed by atoms with Crippen LogP contribution in [0.2, 0.25) is 0 Å². The Kier molecular flexibility index (Phi) is 6.43. The number of rotatable bonds is 6. The Balaban J connectivity index is 1.55. The third kappa shape index (κ3) is 4.64. The molecule has 1 aliphatic heterocycles. The van der Waals surface area contributed by atoms with Crippen molar-refractivity contribution in [2.24, 2.45) is 0 Å². The predicted octanol–water partition coefficient (Wildman–Crippen LogP) is 5.11. The van der Waals surface area contributed by atoms with Gasteiger partial charge in [0.2, 0.25) is 0 Å². The number of benzene rings is 3. The second kappa shape index (κ2) is 9.19.